The predicted octanol–water partition coefficient (Wildman–Crippen LogP) is 2.12. The van der Waals surface area contributed by atoms with Crippen molar-refractivity contribution in [1.82, 2.24) is 4.90 Å². The molecule has 1 N–H and O–H groups in total. The number of hydrogen-bond donors (Lipinski definition) is 1. The molecule has 4 aliphatic rings. The molecule has 1 aromatic carbocycles. The highest BCUT2D eigenvalue weighted by Gasteiger charge is 2.61. The molecule has 114 valence electrons. The molecule has 4 nitrogen and oxygen atoms in total. The van der Waals surface area contributed by atoms with Gasteiger partial charge in [0.25, 0.3) is 0 Å². The second-order valence-electron chi connectivity index (χ2n) is 6.76. The van der Waals surface area contributed by atoms with Crippen LogP contribution in [0.15, 0.2) is 35.6 Å². The first-order valence-electron chi connectivity index (χ1n) is 7.85. The second kappa shape index (κ2) is 3.87. The summed E-state index contributed by atoms with van der Waals surface area (Å²) in [6.45, 7) is 1.04. The molecule has 0 unspecified atom stereocenters. The first kappa shape index (κ1) is 12.6. The molecule has 2 aliphatic heterocycles. The summed E-state index contributed by atoms with van der Waals surface area (Å²) >= 11 is 0. The van der Waals surface area contributed by atoms with Gasteiger partial charge in [-0.2, -0.15) is 0 Å². The quantitative estimate of drug-likeness (QED) is 0.862. The lowest BCUT2D eigenvalue weighted by Crippen LogP contribution is -2.58. The third-order valence-corrected chi connectivity index (χ3v) is 5.95. The van der Waals surface area contributed by atoms with Gasteiger partial charge in [-0.25, -0.2) is 0 Å². The van der Waals surface area contributed by atoms with E-state index in [1.807, 2.05) is 6.08 Å². The summed E-state index contributed by atoms with van der Waals surface area (Å²) in [6.07, 6.45) is 6.11. The zero-order chi connectivity index (χ0) is 15.1. The van der Waals surface area contributed by atoms with Gasteiger partial charge in [-0.3, -0.25) is 4.90 Å². The highest BCUT2D eigenvalue weighted by atomic mass is 16.5. The summed E-state index contributed by atoms with van der Waals surface area (Å²) in [6, 6.07) is 4.25. The molecule has 0 radical (unpaired) electrons. The Bertz CT molecular complexity index is 751. The summed E-state index contributed by atoms with van der Waals surface area (Å²) in [4.78, 5) is 2.44. The van der Waals surface area contributed by atoms with Crippen LogP contribution in [-0.4, -0.2) is 42.9 Å². The summed E-state index contributed by atoms with van der Waals surface area (Å²) in [5.41, 5.74) is 3.78. The van der Waals surface area contributed by atoms with Crippen LogP contribution < -0.4 is 4.74 Å². The molecule has 0 amide bonds. The summed E-state index contributed by atoms with van der Waals surface area (Å²) in [7, 11) is 3.90. The number of likely N-dealkylation sites (N-methyl/N-ethyl adjacent to an activating group) is 1. The molecule has 4 heteroatoms. The first-order chi connectivity index (χ1) is 10.7. The number of aromatic hydroxyl groups is 1. The molecule has 3 atom stereocenters. The Balaban J connectivity index is 1.86. The monoisotopic (exact) mass is 297 g/mol. The molecule has 0 aromatic heterocycles. The molecule has 1 aromatic rings. The molecule has 2 heterocycles. The second-order valence-corrected chi connectivity index (χ2v) is 6.76. The van der Waals surface area contributed by atoms with E-state index in [9.17, 15) is 5.11 Å². The number of benzene rings is 1. The standard InChI is InChI=1S/C18H19NO3/c1-19-8-7-18-11-4-6-14(21-2)17(18)22-16-13(20)5-3-10(15(16)18)9-12(11)19/h3-6,12,17,20H,7-9H2,1-2H3/t12-,17+,18+/m1/s1. The van der Waals surface area contributed by atoms with E-state index < -0.39 is 0 Å². The van der Waals surface area contributed by atoms with Crippen molar-refractivity contribution in [3.8, 4) is 11.5 Å². The van der Waals surface area contributed by atoms with Crippen molar-refractivity contribution in [2.45, 2.75) is 30.4 Å². The van der Waals surface area contributed by atoms with Crippen LogP contribution in [0, 0.1) is 0 Å². The van der Waals surface area contributed by atoms with Gasteiger partial charge in [-0.15, -0.1) is 0 Å². The van der Waals surface area contributed by atoms with Gasteiger partial charge >= 0.3 is 0 Å². The van der Waals surface area contributed by atoms with Crippen LogP contribution in [0.3, 0.4) is 0 Å². The normalized spacial score (nSPS) is 34.5. The van der Waals surface area contributed by atoms with Gasteiger partial charge in [-0.1, -0.05) is 12.1 Å². The number of piperidine rings is 1. The number of likely N-dealkylation sites (tertiary alicyclic amines) is 1. The summed E-state index contributed by atoms with van der Waals surface area (Å²) < 4.78 is 11.8. The van der Waals surface area contributed by atoms with E-state index in [0.717, 1.165) is 25.1 Å². The van der Waals surface area contributed by atoms with Crippen LogP contribution in [0.25, 0.3) is 0 Å². The lowest BCUT2D eigenvalue weighted by atomic mass is 9.57. The average molecular weight is 297 g/mol. The number of methoxy groups -OCH3 is 1. The van der Waals surface area contributed by atoms with E-state index in [0.29, 0.717) is 11.8 Å². The highest BCUT2D eigenvalue weighted by molar-refractivity contribution is 5.67. The third kappa shape index (κ3) is 1.20. The smallest absolute Gasteiger partial charge is 0.169 e. The van der Waals surface area contributed by atoms with Crippen molar-refractivity contribution in [2.75, 3.05) is 20.7 Å². The molecule has 1 fully saturated rings. The Labute approximate surface area is 129 Å². The zero-order valence-electron chi connectivity index (χ0n) is 12.8. The number of allylic oxidation sites excluding steroid dienone is 2. The Kier molecular flexibility index (Phi) is 2.22. The Morgan fingerprint density at radius 2 is 2.23 bits per heavy atom. The third-order valence-electron chi connectivity index (χ3n) is 5.95. The summed E-state index contributed by atoms with van der Waals surface area (Å²) in [5, 5.41) is 10.3. The molecule has 5 rings (SSSR count). The molecule has 22 heavy (non-hydrogen) atoms. The van der Waals surface area contributed by atoms with Crippen molar-refractivity contribution >= 4 is 0 Å². The number of phenolic OH excluding ortho intramolecular Hbond substituents is 1. The Hall–Kier alpha value is -1.94. The minimum Gasteiger partial charge on any atom is -0.504 e. The minimum atomic E-state index is -0.154. The number of phenols is 1. The van der Waals surface area contributed by atoms with Crippen LogP contribution in [0.4, 0.5) is 0 Å². The van der Waals surface area contributed by atoms with E-state index in [4.69, 9.17) is 9.47 Å². The number of nitrogens with zero attached hydrogens (tertiary/aromatic N) is 1. The molecule has 2 aliphatic carbocycles. The molecule has 1 saturated heterocycles. The number of hydrogen-bond acceptors (Lipinski definition) is 4. The van der Waals surface area contributed by atoms with Gasteiger partial charge in [0.1, 0.15) is 5.76 Å². The summed E-state index contributed by atoms with van der Waals surface area (Å²) in [5.74, 6) is 1.77. The largest absolute Gasteiger partial charge is 0.504 e. The van der Waals surface area contributed by atoms with Crippen LogP contribution in [-0.2, 0) is 16.6 Å². The Morgan fingerprint density at radius 3 is 3.05 bits per heavy atom. The maximum absolute atomic E-state index is 10.3. The van der Waals surface area contributed by atoms with E-state index in [-0.39, 0.29) is 17.3 Å². The molecular weight excluding hydrogens is 278 g/mol. The predicted molar refractivity (Wildman–Crippen MR) is 82.1 cm³/mol. The van der Waals surface area contributed by atoms with Crippen molar-refractivity contribution in [3.05, 3.63) is 46.7 Å². The van der Waals surface area contributed by atoms with Crippen molar-refractivity contribution < 1.29 is 14.6 Å². The van der Waals surface area contributed by atoms with Gasteiger partial charge in [0.15, 0.2) is 17.6 Å². The van der Waals surface area contributed by atoms with E-state index in [2.05, 4.69) is 24.1 Å². The molecule has 0 saturated carbocycles. The molecule has 1 spiro atoms. The van der Waals surface area contributed by atoms with Crippen LogP contribution in [0.2, 0.25) is 0 Å². The fourth-order valence-electron chi connectivity index (χ4n) is 4.95. The van der Waals surface area contributed by atoms with Gasteiger partial charge < -0.3 is 14.6 Å². The lowest BCUT2D eigenvalue weighted by Gasteiger charge is -2.52. The minimum absolute atomic E-state index is 0.143. The topological polar surface area (TPSA) is 41.9 Å². The van der Waals surface area contributed by atoms with Gasteiger partial charge in [0.05, 0.1) is 12.5 Å². The molecule has 2 bridgehead atoms. The number of ether oxygens (including phenoxy) is 2. The van der Waals surface area contributed by atoms with Crippen molar-refractivity contribution in [1.29, 1.82) is 0 Å². The van der Waals surface area contributed by atoms with E-state index >= 15 is 0 Å². The zero-order valence-corrected chi connectivity index (χ0v) is 12.8. The van der Waals surface area contributed by atoms with Crippen LogP contribution in [0.5, 0.6) is 11.5 Å². The fourth-order valence-corrected chi connectivity index (χ4v) is 4.95. The maximum Gasteiger partial charge on any atom is 0.169 e. The Morgan fingerprint density at radius 1 is 1.36 bits per heavy atom. The van der Waals surface area contributed by atoms with Crippen LogP contribution in [0.1, 0.15) is 17.5 Å². The average Bonchev–Trinajstić information content (AvgIpc) is 2.88. The van der Waals surface area contributed by atoms with E-state index in [1.54, 1.807) is 13.2 Å². The van der Waals surface area contributed by atoms with E-state index in [1.165, 1.54) is 16.7 Å². The van der Waals surface area contributed by atoms with Crippen LogP contribution >= 0.6 is 0 Å². The van der Waals surface area contributed by atoms with Gasteiger partial charge in [-0.05, 0) is 49.7 Å². The highest BCUT2D eigenvalue weighted by Crippen LogP contribution is 2.62. The maximum atomic E-state index is 10.3. The molecular formula is C18H19NO3. The lowest BCUT2D eigenvalue weighted by molar-refractivity contribution is 0.0735. The number of rotatable bonds is 1. The fraction of sp³-hybridized carbons (Fsp3) is 0.444. The van der Waals surface area contributed by atoms with Gasteiger partial charge in [0.2, 0.25) is 0 Å². The van der Waals surface area contributed by atoms with Crippen molar-refractivity contribution in [3.63, 3.8) is 0 Å². The van der Waals surface area contributed by atoms with Crippen molar-refractivity contribution in [2.24, 2.45) is 0 Å². The van der Waals surface area contributed by atoms with Gasteiger partial charge in [0, 0.05) is 11.6 Å². The first-order valence-corrected chi connectivity index (χ1v) is 7.85. The SMILES string of the molecule is COC1=CC=C2[C@H]3Cc4ccc(O)c5c4[C@@]2(CCN3C)[C@H]1O5.